The predicted molar refractivity (Wildman–Crippen MR) is 171 cm³/mol. The van der Waals surface area contributed by atoms with Gasteiger partial charge in [0.05, 0.1) is 16.9 Å². The Morgan fingerprint density at radius 3 is 2.45 bits per heavy atom. The molecule has 8 nitrogen and oxygen atoms in total. The lowest BCUT2D eigenvalue weighted by Crippen LogP contribution is -2.47. The molecule has 0 unspecified atom stereocenters. The highest BCUT2D eigenvalue weighted by atomic mass is 35.5. The Morgan fingerprint density at radius 2 is 1.64 bits per heavy atom. The van der Waals surface area contributed by atoms with Crippen LogP contribution in [0.1, 0.15) is 46.7 Å². The van der Waals surface area contributed by atoms with Gasteiger partial charge >= 0.3 is 0 Å². The van der Waals surface area contributed by atoms with Crippen LogP contribution in [0.15, 0.2) is 54.9 Å². The number of imidazole rings is 1. The van der Waals surface area contributed by atoms with Crippen molar-refractivity contribution in [3.8, 4) is 11.4 Å². The maximum atomic E-state index is 13.2. The summed E-state index contributed by atoms with van der Waals surface area (Å²) in [6.45, 7) is 9.10. The number of para-hydroxylation sites is 1. The summed E-state index contributed by atoms with van der Waals surface area (Å²) in [6.07, 6.45) is 6.05. The van der Waals surface area contributed by atoms with Crippen molar-refractivity contribution in [3.05, 3.63) is 77.5 Å². The average Bonchev–Trinajstić information content (AvgIpc) is 3.45. The molecule has 42 heavy (non-hydrogen) atoms. The molecule has 2 fully saturated rings. The predicted octanol–water partition coefficient (Wildman–Crippen LogP) is 5.46. The van der Waals surface area contributed by atoms with Gasteiger partial charge in [0.2, 0.25) is 0 Å². The van der Waals surface area contributed by atoms with Gasteiger partial charge in [-0.3, -0.25) is 19.2 Å². The molecule has 7 rings (SSSR count). The number of benzene rings is 2. The largest absolute Gasteiger partial charge is 0.485 e. The van der Waals surface area contributed by atoms with Crippen molar-refractivity contribution >= 4 is 47.3 Å². The molecule has 0 bridgehead atoms. The number of amides is 1. The first-order valence-electron chi connectivity index (χ1n) is 14.6. The molecule has 0 radical (unpaired) electrons. The van der Waals surface area contributed by atoms with E-state index >= 15 is 0 Å². The molecule has 4 aromatic rings. The number of carbonyl (C=O) groups is 1. The lowest BCUT2D eigenvalue weighted by Gasteiger charge is -2.36. The summed E-state index contributed by atoms with van der Waals surface area (Å²) in [5.74, 6) is 0.951. The molecule has 0 N–H and O–H groups in total. The summed E-state index contributed by atoms with van der Waals surface area (Å²) in [6, 6.07) is 17.1. The molecule has 0 atom stereocenters. The zero-order valence-corrected chi connectivity index (χ0v) is 25.6. The fraction of sp³-hybridized carbons (Fsp3) is 0.406. The molecule has 1 amide bonds. The maximum Gasteiger partial charge on any atom is 0.274 e. The van der Waals surface area contributed by atoms with Crippen molar-refractivity contribution < 1.29 is 9.53 Å². The number of carbonyl (C=O) groups excluding carboxylic acids is 1. The minimum absolute atomic E-state index is 0. The number of rotatable bonds is 5. The van der Waals surface area contributed by atoms with Gasteiger partial charge in [-0.2, -0.15) is 0 Å². The van der Waals surface area contributed by atoms with Crippen molar-refractivity contribution in [2.75, 3.05) is 50.7 Å². The first-order valence-corrected chi connectivity index (χ1v) is 14.6. The highest BCUT2D eigenvalue weighted by Gasteiger charge is 2.29. The number of ether oxygens (including phenoxy) is 1. The van der Waals surface area contributed by atoms with Crippen LogP contribution < -0.4 is 9.64 Å². The fourth-order valence-corrected chi connectivity index (χ4v) is 6.42. The van der Waals surface area contributed by atoms with Gasteiger partial charge in [0.1, 0.15) is 18.7 Å². The van der Waals surface area contributed by atoms with Gasteiger partial charge in [-0.1, -0.05) is 18.2 Å². The van der Waals surface area contributed by atoms with Gasteiger partial charge in [-0.05, 0) is 68.5 Å². The van der Waals surface area contributed by atoms with Crippen LogP contribution >= 0.6 is 24.8 Å². The molecule has 2 aromatic carbocycles. The Balaban J connectivity index is 0.00000176. The number of halogens is 2. The molecule has 2 aromatic heterocycles. The lowest BCUT2D eigenvalue weighted by molar-refractivity contribution is 0.0715. The number of hydrogen-bond acceptors (Lipinski definition) is 6. The third-order valence-electron chi connectivity index (χ3n) is 8.66. The van der Waals surface area contributed by atoms with E-state index in [2.05, 4.69) is 67.9 Å². The number of nitrogens with zero attached hydrogens (tertiary/aromatic N) is 6. The van der Waals surface area contributed by atoms with Gasteiger partial charge in [-0.15, -0.1) is 24.8 Å². The van der Waals surface area contributed by atoms with Crippen LogP contribution in [0.25, 0.3) is 16.6 Å². The van der Waals surface area contributed by atoms with Crippen molar-refractivity contribution in [2.45, 2.75) is 39.2 Å². The van der Waals surface area contributed by atoms with E-state index in [1.54, 1.807) is 6.33 Å². The van der Waals surface area contributed by atoms with Crippen molar-refractivity contribution in [3.63, 3.8) is 0 Å². The first-order chi connectivity index (χ1) is 19.7. The van der Waals surface area contributed by atoms with Crippen LogP contribution in [-0.2, 0) is 13.0 Å². The monoisotopic (exact) mass is 608 g/mol. The van der Waals surface area contributed by atoms with Crippen molar-refractivity contribution in [1.29, 1.82) is 0 Å². The fourth-order valence-electron chi connectivity index (χ4n) is 6.42. The summed E-state index contributed by atoms with van der Waals surface area (Å²) in [7, 11) is 0. The minimum atomic E-state index is 0. The van der Waals surface area contributed by atoms with E-state index in [1.807, 2.05) is 11.8 Å². The van der Waals surface area contributed by atoms with Gasteiger partial charge < -0.3 is 14.5 Å². The number of anilines is 1. The number of likely N-dealkylation sites (tertiary alicyclic amines) is 1. The average molecular weight is 610 g/mol. The molecular formula is C32H38Cl2N6O2. The highest BCUT2D eigenvalue weighted by molar-refractivity contribution is 5.94. The van der Waals surface area contributed by atoms with E-state index in [1.165, 1.54) is 23.1 Å². The third-order valence-corrected chi connectivity index (χ3v) is 8.66. The smallest absolute Gasteiger partial charge is 0.274 e. The molecular weight excluding hydrogens is 571 g/mol. The number of piperazine rings is 1. The van der Waals surface area contributed by atoms with Crippen LogP contribution in [0, 0.1) is 6.92 Å². The maximum absolute atomic E-state index is 13.2. The van der Waals surface area contributed by atoms with E-state index in [0.29, 0.717) is 12.3 Å². The summed E-state index contributed by atoms with van der Waals surface area (Å²) >= 11 is 0. The summed E-state index contributed by atoms with van der Waals surface area (Å²) in [4.78, 5) is 29.4. The second-order valence-electron chi connectivity index (χ2n) is 11.2. The van der Waals surface area contributed by atoms with Gasteiger partial charge in [0.25, 0.3) is 5.91 Å². The number of fused-ring (bicyclic) bond motifs is 4. The van der Waals surface area contributed by atoms with Crippen molar-refractivity contribution in [2.24, 2.45) is 0 Å². The minimum Gasteiger partial charge on any atom is -0.485 e. The number of aromatic nitrogens is 3. The molecule has 3 aliphatic heterocycles. The Hall–Kier alpha value is -3.33. The first kappa shape index (κ1) is 30.1. The topological polar surface area (TPSA) is 66.7 Å². The number of piperidine rings is 1. The number of aryl methyl sites for hydroxylation is 1. The van der Waals surface area contributed by atoms with E-state index in [9.17, 15) is 4.79 Å². The summed E-state index contributed by atoms with van der Waals surface area (Å²) in [5, 5.41) is 1.23. The van der Waals surface area contributed by atoms with Crippen molar-refractivity contribution in [1.82, 2.24) is 24.3 Å². The zero-order chi connectivity index (χ0) is 27.1. The molecule has 222 valence electrons. The standard InChI is InChI=1S/C32H36N6O2.2ClH/c1-23-11-12-25-26(34-23)8-6-9-27(25)36-19-17-35(18-20-36)16-13-24-7-5-10-28-31(24)40-21-29-30(33-22-38(28)29)32(39)37-14-3-2-4-15-37;;/h5-12,22H,2-4,13-21H2,1H3;2*1H. The Kier molecular flexibility index (Phi) is 9.25. The van der Waals surface area contributed by atoms with E-state index in [4.69, 9.17) is 9.72 Å². The molecule has 0 spiro atoms. The molecule has 5 heterocycles. The molecule has 3 aliphatic rings. The molecule has 0 aliphatic carbocycles. The van der Waals surface area contributed by atoms with Crippen LogP contribution in [0.2, 0.25) is 0 Å². The van der Waals surface area contributed by atoms with E-state index in [-0.39, 0.29) is 30.7 Å². The Bertz CT molecular complexity index is 1560. The second kappa shape index (κ2) is 12.9. The van der Waals surface area contributed by atoms with Crippen LogP contribution in [-0.4, -0.2) is 76.1 Å². The normalized spacial score (nSPS) is 16.6. The lowest BCUT2D eigenvalue weighted by atomic mass is 10.1. The summed E-state index contributed by atoms with van der Waals surface area (Å²) in [5.41, 5.74) is 6.98. The Labute approximate surface area is 259 Å². The zero-order valence-electron chi connectivity index (χ0n) is 24.0. The summed E-state index contributed by atoms with van der Waals surface area (Å²) < 4.78 is 8.37. The molecule has 10 heteroatoms. The SMILES string of the molecule is Cc1ccc2c(N3CCN(CCc4cccc5c4OCc4c(C(=O)N6CCCCC6)ncn4-5)CC3)cccc2n1.Cl.Cl. The number of pyridine rings is 1. The highest BCUT2D eigenvalue weighted by Crippen LogP contribution is 2.35. The van der Waals surface area contributed by atoms with Gasteiger partial charge in [0.15, 0.2) is 5.69 Å². The third kappa shape index (κ3) is 5.68. The van der Waals surface area contributed by atoms with Crippen LogP contribution in [0.4, 0.5) is 5.69 Å². The quantitative estimate of drug-likeness (QED) is 0.300. The molecule has 2 saturated heterocycles. The van der Waals surface area contributed by atoms with Gasteiger partial charge in [0, 0.05) is 62.6 Å². The second-order valence-corrected chi connectivity index (χ2v) is 11.2. The van der Waals surface area contributed by atoms with Crippen LogP contribution in [0.5, 0.6) is 5.75 Å². The Morgan fingerprint density at radius 1 is 0.881 bits per heavy atom. The van der Waals surface area contributed by atoms with E-state index in [0.717, 1.165) is 93.4 Å². The molecule has 0 saturated carbocycles. The number of hydrogen-bond donors (Lipinski definition) is 0. The van der Waals surface area contributed by atoms with Crippen LogP contribution in [0.3, 0.4) is 0 Å². The van der Waals surface area contributed by atoms with Gasteiger partial charge in [-0.25, -0.2) is 4.98 Å². The van der Waals surface area contributed by atoms with E-state index < -0.39 is 0 Å².